The average Bonchev–Trinajstić information content (AvgIpc) is 2.80. The lowest BCUT2D eigenvalue weighted by Gasteiger charge is -2.16. The monoisotopic (exact) mass is 437 g/mol. The molecule has 3 rings (SSSR count). The molecule has 0 aliphatic carbocycles. The lowest BCUT2D eigenvalue weighted by Crippen LogP contribution is -2.38. The lowest BCUT2D eigenvalue weighted by molar-refractivity contribution is -0.117. The third kappa shape index (κ3) is 5.44. The van der Waals surface area contributed by atoms with Crippen molar-refractivity contribution in [3.8, 4) is 17.2 Å². The molecule has 9 nitrogen and oxygen atoms in total. The van der Waals surface area contributed by atoms with Gasteiger partial charge in [0.15, 0.2) is 11.5 Å². The van der Waals surface area contributed by atoms with Gasteiger partial charge in [-0.25, -0.2) is 4.98 Å². The molecule has 0 spiro atoms. The second-order valence-corrected chi connectivity index (χ2v) is 7.10. The Labute approximate surface area is 186 Å². The fourth-order valence-electron chi connectivity index (χ4n) is 3.29. The van der Waals surface area contributed by atoms with Crippen LogP contribution in [0.15, 0.2) is 48.7 Å². The van der Waals surface area contributed by atoms with Gasteiger partial charge < -0.3 is 31.0 Å². The van der Waals surface area contributed by atoms with Crippen molar-refractivity contribution < 1.29 is 19.0 Å². The molecular formula is C23H27N5O4. The fourth-order valence-corrected chi connectivity index (χ4v) is 3.29. The number of nitrogens with one attached hydrogen (secondary N) is 1. The number of nitrogens with two attached hydrogens (primary N) is 2. The number of anilines is 2. The summed E-state index contributed by atoms with van der Waals surface area (Å²) >= 11 is 0. The number of hydrogen-bond donors (Lipinski definition) is 3. The Balaban J connectivity index is 1.83. The second kappa shape index (κ2) is 10.5. The van der Waals surface area contributed by atoms with Gasteiger partial charge in [-0.15, -0.1) is 0 Å². The molecule has 1 amide bonds. The van der Waals surface area contributed by atoms with Crippen molar-refractivity contribution in [2.45, 2.75) is 18.9 Å². The van der Waals surface area contributed by atoms with E-state index >= 15 is 0 Å². The number of carbonyl (C=O) groups excluding carboxylic acids is 1. The second-order valence-electron chi connectivity index (χ2n) is 7.10. The highest BCUT2D eigenvalue weighted by Crippen LogP contribution is 2.39. The molecule has 1 unspecified atom stereocenters. The molecule has 0 bridgehead atoms. The summed E-state index contributed by atoms with van der Waals surface area (Å²) in [6, 6.07) is 12.5. The van der Waals surface area contributed by atoms with Gasteiger partial charge in [0.05, 0.1) is 27.4 Å². The summed E-state index contributed by atoms with van der Waals surface area (Å²) in [5.41, 5.74) is 14.3. The number of carbonyl (C=O) groups is 1. The number of nitrogen functional groups attached to an aromatic ring is 1. The zero-order valence-corrected chi connectivity index (χ0v) is 18.3. The third-order valence-corrected chi connectivity index (χ3v) is 4.88. The normalized spacial score (nSPS) is 11.5. The topological polar surface area (TPSA) is 135 Å². The van der Waals surface area contributed by atoms with Crippen LogP contribution >= 0.6 is 0 Å². The average molecular weight is 438 g/mol. The Morgan fingerprint density at radius 1 is 1.03 bits per heavy atom. The molecular weight excluding hydrogens is 410 g/mol. The van der Waals surface area contributed by atoms with Gasteiger partial charge in [-0.3, -0.25) is 4.79 Å². The van der Waals surface area contributed by atoms with Gasteiger partial charge >= 0.3 is 0 Å². The number of amides is 1. The molecule has 2 aromatic carbocycles. The van der Waals surface area contributed by atoms with E-state index in [9.17, 15) is 4.79 Å². The first-order valence-corrected chi connectivity index (χ1v) is 9.95. The number of methoxy groups -OCH3 is 3. The molecule has 9 heteroatoms. The number of rotatable bonds is 9. The van der Waals surface area contributed by atoms with Gasteiger partial charge in [0, 0.05) is 18.2 Å². The summed E-state index contributed by atoms with van der Waals surface area (Å²) in [5, 5.41) is 2.79. The van der Waals surface area contributed by atoms with Crippen molar-refractivity contribution in [2.24, 2.45) is 5.73 Å². The zero-order chi connectivity index (χ0) is 23.1. The maximum Gasteiger partial charge on any atom is 0.242 e. The van der Waals surface area contributed by atoms with Crippen LogP contribution in [-0.2, 0) is 17.6 Å². The van der Waals surface area contributed by atoms with Crippen LogP contribution in [0.4, 0.5) is 11.8 Å². The van der Waals surface area contributed by atoms with Gasteiger partial charge in [0.1, 0.15) is 5.82 Å². The molecule has 0 aliphatic rings. The van der Waals surface area contributed by atoms with E-state index in [0.29, 0.717) is 41.5 Å². The van der Waals surface area contributed by atoms with Crippen LogP contribution in [-0.4, -0.2) is 43.2 Å². The minimum Gasteiger partial charge on any atom is -0.493 e. The van der Waals surface area contributed by atoms with Crippen molar-refractivity contribution >= 4 is 17.7 Å². The summed E-state index contributed by atoms with van der Waals surface area (Å²) in [7, 11) is 4.64. The fraction of sp³-hybridized carbons (Fsp3) is 0.261. The van der Waals surface area contributed by atoms with E-state index in [4.69, 9.17) is 25.7 Å². The van der Waals surface area contributed by atoms with Gasteiger partial charge in [-0.1, -0.05) is 30.3 Å². The molecule has 0 aliphatic heterocycles. The van der Waals surface area contributed by atoms with Crippen LogP contribution in [0, 0.1) is 0 Å². The predicted octanol–water partition coefficient (Wildman–Crippen LogP) is 2.18. The van der Waals surface area contributed by atoms with E-state index < -0.39 is 6.04 Å². The number of aromatic nitrogens is 2. The predicted molar refractivity (Wildman–Crippen MR) is 122 cm³/mol. The number of hydrogen-bond acceptors (Lipinski definition) is 8. The Hall–Kier alpha value is -3.85. The Kier molecular flexibility index (Phi) is 7.45. The van der Waals surface area contributed by atoms with Crippen LogP contribution in [0.25, 0.3) is 0 Å². The van der Waals surface area contributed by atoms with E-state index in [0.717, 1.165) is 11.1 Å². The molecule has 32 heavy (non-hydrogen) atoms. The molecule has 1 aromatic heterocycles. The van der Waals surface area contributed by atoms with E-state index in [1.165, 1.54) is 0 Å². The molecule has 0 saturated carbocycles. The Bertz CT molecular complexity index is 1050. The van der Waals surface area contributed by atoms with Crippen molar-refractivity contribution in [2.75, 3.05) is 32.4 Å². The summed E-state index contributed by atoms with van der Waals surface area (Å²) in [6.07, 6.45) is 2.36. The molecule has 0 fully saturated rings. The molecule has 0 saturated heterocycles. The van der Waals surface area contributed by atoms with Crippen LogP contribution in [0.1, 0.15) is 16.7 Å². The number of nitrogens with zero attached hydrogens (tertiary/aromatic N) is 2. The van der Waals surface area contributed by atoms with E-state index in [2.05, 4.69) is 15.3 Å². The number of ether oxygens (including phenoxy) is 3. The highest BCUT2D eigenvalue weighted by molar-refractivity contribution is 5.94. The van der Waals surface area contributed by atoms with Crippen molar-refractivity contribution in [3.05, 3.63) is 65.4 Å². The third-order valence-electron chi connectivity index (χ3n) is 4.88. The summed E-state index contributed by atoms with van der Waals surface area (Å²) < 4.78 is 16.2. The summed E-state index contributed by atoms with van der Waals surface area (Å²) in [6.45, 7) is 0. The standard InChI is InChI=1S/C23H27N5O4/c1-30-18-11-15(12-19(31-2)20(18)32-3)9-16-13-26-23(25)28-21(16)27-22(29)17(24)10-14-7-5-4-6-8-14/h4-8,11-13,17H,9-10,24H2,1-3H3,(H3,25,26,27,28,29). The maximum atomic E-state index is 12.7. The molecule has 168 valence electrons. The molecule has 3 aromatic rings. The molecule has 1 heterocycles. The van der Waals surface area contributed by atoms with Crippen LogP contribution in [0.5, 0.6) is 17.2 Å². The molecule has 1 atom stereocenters. The molecule has 5 N–H and O–H groups in total. The first kappa shape index (κ1) is 22.8. The highest BCUT2D eigenvalue weighted by Gasteiger charge is 2.19. The van der Waals surface area contributed by atoms with E-state index in [-0.39, 0.29) is 11.9 Å². The van der Waals surface area contributed by atoms with Gasteiger partial charge in [-0.05, 0) is 29.7 Å². The SMILES string of the molecule is COc1cc(Cc2cnc(N)nc2NC(=O)C(N)Cc2ccccc2)cc(OC)c1OC. The minimum atomic E-state index is -0.748. The van der Waals surface area contributed by atoms with Gasteiger partial charge in [-0.2, -0.15) is 4.98 Å². The summed E-state index contributed by atoms with van der Waals surface area (Å²) in [5.74, 6) is 1.53. The Morgan fingerprint density at radius 2 is 1.69 bits per heavy atom. The summed E-state index contributed by atoms with van der Waals surface area (Å²) in [4.78, 5) is 21.0. The van der Waals surface area contributed by atoms with Gasteiger partial charge in [0.2, 0.25) is 17.6 Å². The first-order chi connectivity index (χ1) is 15.4. The highest BCUT2D eigenvalue weighted by atomic mass is 16.5. The van der Waals surface area contributed by atoms with Crippen molar-refractivity contribution in [1.82, 2.24) is 9.97 Å². The quantitative estimate of drug-likeness (QED) is 0.464. The van der Waals surface area contributed by atoms with Crippen LogP contribution in [0.2, 0.25) is 0 Å². The lowest BCUT2D eigenvalue weighted by atomic mass is 10.0. The molecule has 0 radical (unpaired) electrons. The number of benzene rings is 2. The van der Waals surface area contributed by atoms with Crippen molar-refractivity contribution in [1.29, 1.82) is 0 Å². The van der Waals surface area contributed by atoms with E-state index in [1.807, 2.05) is 42.5 Å². The largest absolute Gasteiger partial charge is 0.493 e. The van der Waals surface area contributed by atoms with Crippen LogP contribution in [0.3, 0.4) is 0 Å². The maximum absolute atomic E-state index is 12.7. The Morgan fingerprint density at radius 3 is 2.28 bits per heavy atom. The first-order valence-electron chi connectivity index (χ1n) is 9.95. The minimum absolute atomic E-state index is 0.0468. The van der Waals surface area contributed by atoms with Gasteiger partial charge in [0.25, 0.3) is 0 Å². The zero-order valence-electron chi connectivity index (χ0n) is 18.3. The smallest absolute Gasteiger partial charge is 0.242 e. The van der Waals surface area contributed by atoms with Crippen LogP contribution < -0.4 is 31.0 Å². The van der Waals surface area contributed by atoms with E-state index in [1.54, 1.807) is 27.5 Å². The van der Waals surface area contributed by atoms with Crippen molar-refractivity contribution in [3.63, 3.8) is 0 Å².